The quantitative estimate of drug-likeness (QED) is 0.561. The molecule has 2 heterocycles. The van der Waals surface area contributed by atoms with E-state index < -0.39 is 0 Å². The molecular formula is C18H12N2. The van der Waals surface area contributed by atoms with Crippen LogP contribution in [0.4, 0.5) is 5.69 Å². The molecule has 2 heteroatoms. The highest BCUT2D eigenvalue weighted by Crippen LogP contribution is 2.41. The summed E-state index contributed by atoms with van der Waals surface area (Å²) in [6.45, 7) is 0. The topological polar surface area (TPSA) is 17.3 Å². The number of rotatable bonds is 0. The van der Waals surface area contributed by atoms with E-state index in [1.165, 1.54) is 21.8 Å². The van der Waals surface area contributed by atoms with Crippen LogP contribution < -0.4 is 0 Å². The first-order valence-corrected chi connectivity index (χ1v) is 6.88. The van der Waals surface area contributed by atoms with Crippen LogP contribution in [0.3, 0.4) is 0 Å². The van der Waals surface area contributed by atoms with E-state index in [2.05, 4.69) is 71.3 Å². The Bertz CT molecular complexity index is 954. The molecule has 0 bridgehead atoms. The Morgan fingerprint density at radius 2 is 1.80 bits per heavy atom. The summed E-state index contributed by atoms with van der Waals surface area (Å²) in [6.07, 6.45) is 8.51. The zero-order valence-corrected chi connectivity index (χ0v) is 10.8. The van der Waals surface area contributed by atoms with E-state index in [4.69, 9.17) is 4.99 Å². The Labute approximate surface area is 116 Å². The fourth-order valence-corrected chi connectivity index (χ4v) is 3.39. The lowest BCUT2D eigenvalue weighted by Gasteiger charge is -2.24. The third kappa shape index (κ3) is 1.12. The van der Waals surface area contributed by atoms with E-state index in [9.17, 15) is 0 Å². The van der Waals surface area contributed by atoms with E-state index in [1.807, 2.05) is 0 Å². The zero-order chi connectivity index (χ0) is 13.1. The largest absolute Gasteiger partial charge is 0.326 e. The molecule has 1 atom stereocenters. The molecule has 0 saturated heterocycles. The number of nitrogens with zero attached hydrogens (tertiary/aromatic N) is 2. The molecule has 2 aliphatic rings. The molecule has 0 fully saturated rings. The van der Waals surface area contributed by atoms with Gasteiger partial charge in [-0.15, -0.1) is 0 Å². The van der Waals surface area contributed by atoms with E-state index in [1.54, 1.807) is 0 Å². The average Bonchev–Trinajstić information content (AvgIpc) is 2.85. The standard InChI is InChI=1S/C18H12N2/c1-3-10-16-12(6-1)13-7-5-9-15-18(13)20(16)17-11-4-2-8-14(17)19-15/h1-11,17H. The number of para-hydroxylation sites is 2. The van der Waals surface area contributed by atoms with Crippen molar-refractivity contribution < 1.29 is 0 Å². The van der Waals surface area contributed by atoms with Crippen molar-refractivity contribution in [1.29, 1.82) is 0 Å². The van der Waals surface area contributed by atoms with Gasteiger partial charge in [-0.1, -0.05) is 48.6 Å². The van der Waals surface area contributed by atoms with Crippen molar-refractivity contribution in [3.05, 3.63) is 66.8 Å². The molecule has 1 unspecified atom stereocenters. The molecule has 1 aliphatic heterocycles. The highest BCUT2D eigenvalue weighted by atomic mass is 15.1. The first-order chi connectivity index (χ1) is 9.93. The number of benzene rings is 2. The van der Waals surface area contributed by atoms with E-state index in [0.717, 1.165) is 11.4 Å². The molecule has 2 aromatic carbocycles. The van der Waals surface area contributed by atoms with Crippen molar-refractivity contribution in [2.24, 2.45) is 4.99 Å². The van der Waals surface area contributed by atoms with Crippen LogP contribution in [0.2, 0.25) is 0 Å². The van der Waals surface area contributed by atoms with Gasteiger partial charge in [0.05, 0.1) is 28.5 Å². The van der Waals surface area contributed by atoms with Gasteiger partial charge < -0.3 is 4.57 Å². The summed E-state index contributed by atoms with van der Waals surface area (Å²) < 4.78 is 2.42. The van der Waals surface area contributed by atoms with E-state index >= 15 is 0 Å². The lowest BCUT2D eigenvalue weighted by molar-refractivity contribution is 0.810. The van der Waals surface area contributed by atoms with Crippen LogP contribution >= 0.6 is 0 Å². The van der Waals surface area contributed by atoms with Gasteiger partial charge in [0.1, 0.15) is 0 Å². The summed E-state index contributed by atoms with van der Waals surface area (Å²) in [4.78, 5) is 4.84. The predicted molar refractivity (Wildman–Crippen MR) is 83.9 cm³/mol. The van der Waals surface area contributed by atoms with Gasteiger partial charge in [0, 0.05) is 10.8 Å². The van der Waals surface area contributed by atoms with Crippen LogP contribution in [0.25, 0.3) is 21.8 Å². The zero-order valence-electron chi connectivity index (χ0n) is 10.8. The first kappa shape index (κ1) is 10.2. The third-order valence-electron chi connectivity index (χ3n) is 4.21. The first-order valence-electron chi connectivity index (χ1n) is 6.88. The summed E-state index contributed by atoms with van der Waals surface area (Å²) in [5, 5.41) is 2.60. The molecular weight excluding hydrogens is 244 g/mol. The molecule has 94 valence electrons. The molecule has 0 saturated carbocycles. The number of hydrogen-bond donors (Lipinski definition) is 0. The lowest BCUT2D eigenvalue weighted by Crippen LogP contribution is -2.19. The summed E-state index contributed by atoms with van der Waals surface area (Å²) in [5.41, 5.74) is 4.73. The monoisotopic (exact) mass is 256 g/mol. The second kappa shape index (κ2) is 3.48. The van der Waals surface area contributed by atoms with Crippen LogP contribution in [0.5, 0.6) is 0 Å². The van der Waals surface area contributed by atoms with Gasteiger partial charge in [-0.2, -0.15) is 0 Å². The Hall–Kier alpha value is -2.61. The highest BCUT2D eigenvalue weighted by molar-refractivity contribution is 6.16. The fraction of sp³-hybridized carbons (Fsp3) is 0.0556. The Morgan fingerprint density at radius 3 is 2.80 bits per heavy atom. The van der Waals surface area contributed by atoms with Crippen molar-refractivity contribution in [3.63, 3.8) is 0 Å². The number of aliphatic imine (C=N–C) groups is 1. The molecule has 1 aliphatic carbocycles. The SMILES string of the molecule is C1=CC2=Nc3cccc4c5ccccc5n(c34)C2C=C1. The lowest BCUT2D eigenvalue weighted by atomic mass is 10.0. The second-order valence-corrected chi connectivity index (χ2v) is 5.29. The predicted octanol–water partition coefficient (Wildman–Crippen LogP) is 4.55. The molecule has 1 aromatic heterocycles. The normalized spacial score (nSPS) is 19.4. The maximum atomic E-state index is 4.84. The minimum absolute atomic E-state index is 0.220. The van der Waals surface area contributed by atoms with Crippen LogP contribution in [0.1, 0.15) is 6.04 Å². The van der Waals surface area contributed by atoms with Gasteiger partial charge >= 0.3 is 0 Å². The Morgan fingerprint density at radius 1 is 0.900 bits per heavy atom. The maximum absolute atomic E-state index is 4.84. The second-order valence-electron chi connectivity index (χ2n) is 5.29. The molecule has 3 aromatic rings. The smallest absolute Gasteiger partial charge is 0.0950 e. The van der Waals surface area contributed by atoms with Crippen molar-refractivity contribution in [2.45, 2.75) is 6.04 Å². The van der Waals surface area contributed by atoms with Gasteiger partial charge in [-0.25, -0.2) is 4.99 Å². The molecule has 0 amide bonds. The Kier molecular flexibility index (Phi) is 1.78. The molecule has 2 nitrogen and oxygen atoms in total. The summed E-state index contributed by atoms with van der Waals surface area (Å²) >= 11 is 0. The summed E-state index contributed by atoms with van der Waals surface area (Å²) in [7, 11) is 0. The number of fused-ring (bicyclic) bond motifs is 5. The van der Waals surface area contributed by atoms with E-state index in [0.29, 0.717) is 0 Å². The third-order valence-corrected chi connectivity index (χ3v) is 4.21. The van der Waals surface area contributed by atoms with Crippen LogP contribution in [0.15, 0.2) is 71.8 Å². The van der Waals surface area contributed by atoms with Crippen molar-refractivity contribution in [3.8, 4) is 0 Å². The highest BCUT2D eigenvalue weighted by Gasteiger charge is 2.25. The molecule has 5 rings (SSSR count). The number of hydrogen-bond acceptors (Lipinski definition) is 1. The van der Waals surface area contributed by atoms with Gasteiger partial charge in [0.25, 0.3) is 0 Å². The minimum atomic E-state index is 0.220. The Balaban J connectivity index is 2.05. The minimum Gasteiger partial charge on any atom is -0.326 e. The molecule has 0 N–H and O–H groups in total. The summed E-state index contributed by atoms with van der Waals surface area (Å²) in [5.74, 6) is 0. The van der Waals surface area contributed by atoms with Crippen LogP contribution in [0, 0.1) is 0 Å². The van der Waals surface area contributed by atoms with Gasteiger partial charge in [0.15, 0.2) is 0 Å². The van der Waals surface area contributed by atoms with E-state index in [-0.39, 0.29) is 6.04 Å². The fourth-order valence-electron chi connectivity index (χ4n) is 3.39. The van der Waals surface area contributed by atoms with Crippen LogP contribution in [-0.4, -0.2) is 10.3 Å². The van der Waals surface area contributed by atoms with Crippen molar-refractivity contribution >= 4 is 33.2 Å². The molecule has 0 radical (unpaired) electrons. The van der Waals surface area contributed by atoms with Crippen LogP contribution in [-0.2, 0) is 0 Å². The van der Waals surface area contributed by atoms with Gasteiger partial charge in [-0.05, 0) is 18.2 Å². The van der Waals surface area contributed by atoms with Crippen molar-refractivity contribution in [1.82, 2.24) is 4.57 Å². The average molecular weight is 256 g/mol. The number of aromatic nitrogens is 1. The van der Waals surface area contributed by atoms with Crippen molar-refractivity contribution in [2.75, 3.05) is 0 Å². The summed E-state index contributed by atoms with van der Waals surface area (Å²) in [6, 6.07) is 15.2. The van der Waals surface area contributed by atoms with Gasteiger partial charge in [0.2, 0.25) is 0 Å². The number of allylic oxidation sites excluding steroid dienone is 4. The maximum Gasteiger partial charge on any atom is 0.0950 e. The molecule has 20 heavy (non-hydrogen) atoms. The molecule has 0 spiro atoms. The van der Waals surface area contributed by atoms with Gasteiger partial charge in [-0.3, -0.25) is 0 Å².